The summed E-state index contributed by atoms with van der Waals surface area (Å²) in [6.07, 6.45) is -2.18. The van der Waals surface area contributed by atoms with Crippen LogP contribution in [0.15, 0.2) is 18.2 Å². The molecule has 5 N–H and O–H groups in total. The predicted molar refractivity (Wildman–Crippen MR) is 110 cm³/mol. The largest absolute Gasteiger partial charge is 0.465 e. The van der Waals surface area contributed by atoms with Crippen LogP contribution in [0, 0.1) is 23.5 Å². The van der Waals surface area contributed by atoms with E-state index in [0.717, 1.165) is 12.1 Å². The van der Waals surface area contributed by atoms with E-state index in [4.69, 9.17) is 5.11 Å². The molecular formula is C21H33F2N3O4. The van der Waals surface area contributed by atoms with Gasteiger partial charge in [-0.05, 0) is 42.4 Å². The third-order valence-electron chi connectivity index (χ3n) is 4.43. The molecule has 0 bridgehead atoms. The first-order chi connectivity index (χ1) is 14.0. The lowest BCUT2D eigenvalue weighted by atomic mass is 9.99. The Balaban J connectivity index is 2.82. The van der Waals surface area contributed by atoms with Crippen molar-refractivity contribution in [2.24, 2.45) is 11.8 Å². The molecule has 0 unspecified atom stereocenters. The SMILES string of the molecule is CC(C)CNC(=O)[C@H](CC(C)C)NC[C@H](O)[C@H](Cc1cc(F)cc(F)c1)NC(=O)O. The van der Waals surface area contributed by atoms with Gasteiger partial charge in [0, 0.05) is 19.2 Å². The van der Waals surface area contributed by atoms with Crippen LogP contribution in [0.4, 0.5) is 13.6 Å². The number of amides is 2. The molecule has 0 saturated carbocycles. The number of hydrogen-bond acceptors (Lipinski definition) is 4. The van der Waals surface area contributed by atoms with Crippen LogP contribution in [0.5, 0.6) is 0 Å². The van der Waals surface area contributed by atoms with Gasteiger partial charge in [-0.1, -0.05) is 27.7 Å². The van der Waals surface area contributed by atoms with E-state index in [-0.39, 0.29) is 36.3 Å². The van der Waals surface area contributed by atoms with E-state index < -0.39 is 35.9 Å². The number of nitrogens with one attached hydrogen (secondary N) is 3. The number of rotatable bonds is 12. The Morgan fingerprint density at radius 1 is 1.00 bits per heavy atom. The molecule has 0 spiro atoms. The van der Waals surface area contributed by atoms with Gasteiger partial charge in [0.1, 0.15) is 11.6 Å². The fourth-order valence-corrected chi connectivity index (χ4v) is 3.01. The van der Waals surface area contributed by atoms with Gasteiger partial charge in [0.15, 0.2) is 0 Å². The monoisotopic (exact) mass is 429 g/mol. The molecule has 0 heterocycles. The van der Waals surface area contributed by atoms with Gasteiger partial charge in [-0.15, -0.1) is 0 Å². The van der Waals surface area contributed by atoms with Crippen LogP contribution in [-0.4, -0.2) is 53.5 Å². The summed E-state index contributed by atoms with van der Waals surface area (Å²) in [7, 11) is 0. The second-order valence-electron chi connectivity index (χ2n) is 8.33. The van der Waals surface area contributed by atoms with E-state index in [9.17, 15) is 23.5 Å². The highest BCUT2D eigenvalue weighted by Gasteiger charge is 2.25. The van der Waals surface area contributed by atoms with Gasteiger partial charge in [0.05, 0.1) is 18.2 Å². The highest BCUT2D eigenvalue weighted by Crippen LogP contribution is 2.12. The van der Waals surface area contributed by atoms with Gasteiger partial charge in [0.2, 0.25) is 5.91 Å². The molecule has 9 heteroatoms. The summed E-state index contributed by atoms with van der Waals surface area (Å²) in [5.41, 5.74) is 0.207. The predicted octanol–water partition coefficient (Wildman–Crippen LogP) is 2.28. The normalized spacial score (nSPS) is 14.4. The third kappa shape index (κ3) is 9.98. The maximum Gasteiger partial charge on any atom is 0.404 e. The molecule has 1 rings (SSSR count). The molecule has 0 aliphatic heterocycles. The second-order valence-corrected chi connectivity index (χ2v) is 8.33. The topological polar surface area (TPSA) is 111 Å². The van der Waals surface area contributed by atoms with E-state index in [1.54, 1.807) is 0 Å². The van der Waals surface area contributed by atoms with Crippen LogP contribution in [0.2, 0.25) is 0 Å². The minimum Gasteiger partial charge on any atom is -0.465 e. The van der Waals surface area contributed by atoms with Crippen molar-refractivity contribution in [2.75, 3.05) is 13.1 Å². The molecule has 170 valence electrons. The zero-order chi connectivity index (χ0) is 22.8. The van der Waals surface area contributed by atoms with E-state index in [1.807, 2.05) is 27.7 Å². The van der Waals surface area contributed by atoms with Crippen LogP contribution in [0.1, 0.15) is 39.7 Å². The van der Waals surface area contributed by atoms with Crippen LogP contribution in [0.3, 0.4) is 0 Å². The Morgan fingerprint density at radius 2 is 1.60 bits per heavy atom. The first kappa shape index (κ1) is 25.8. The van der Waals surface area contributed by atoms with Gasteiger partial charge in [-0.3, -0.25) is 4.79 Å². The van der Waals surface area contributed by atoms with Crippen LogP contribution >= 0.6 is 0 Å². The Bertz CT molecular complexity index is 681. The zero-order valence-electron chi connectivity index (χ0n) is 17.9. The maximum atomic E-state index is 13.4. The van der Waals surface area contributed by atoms with Crippen molar-refractivity contribution in [2.45, 2.75) is 58.7 Å². The smallest absolute Gasteiger partial charge is 0.404 e. The van der Waals surface area contributed by atoms with E-state index in [0.29, 0.717) is 19.0 Å². The Kier molecular flexibility index (Phi) is 10.7. The lowest BCUT2D eigenvalue weighted by Gasteiger charge is -2.26. The number of halogens is 2. The molecule has 3 atom stereocenters. The Labute approximate surface area is 176 Å². The third-order valence-corrected chi connectivity index (χ3v) is 4.43. The average Bonchev–Trinajstić information content (AvgIpc) is 2.60. The van der Waals surface area contributed by atoms with Gasteiger partial charge >= 0.3 is 6.09 Å². The summed E-state index contributed by atoms with van der Waals surface area (Å²) < 4.78 is 26.9. The number of carbonyl (C=O) groups is 2. The van der Waals surface area contributed by atoms with Gasteiger partial charge in [0.25, 0.3) is 0 Å². The minimum atomic E-state index is -1.37. The summed E-state index contributed by atoms with van der Waals surface area (Å²) in [6, 6.07) is 1.31. The van der Waals surface area contributed by atoms with Crippen molar-refractivity contribution < 1.29 is 28.6 Å². The van der Waals surface area contributed by atoms with Crippen molar-refractivity contribution in [1.29, 1.82) is 0 Å². The van der Waals surface area contributed by atoms with Crippen molar-refractivity contribution in [3.8, 4) is 0 Å². The molecule has 0 aliphatic rings. The lowest BCUT2D eigenvalue weighted by molar-refractivity contribution is -0.123. The lowest BCUT2D eigenvalue weighted by Crippen LogP contribution is -2.53. The minimum absolute atomic E-state index is 0.0742. The van der Waals surface area contributed by atoms with Crippen LogP contribution in [0.25, 0.3) is 0 Å². The van der Waals surface area contributed by atoms with Gasteiger partial charge in [-0.2, -0.15) is 0 Å². The maximum absolute atomic E-state index is 13.4. The standard InChI is InChI=1S/C21H33F2N3O4/c1-12(2)5-18(20(28)25-10-13(3)4)24-11-19(27)17(26-21(29)30)8-14-6-15(22)9-16(23)7-14/h6-7,9,12-13,17-19,24,26-27H,5,8,10-11H2,1-4H3,(H,25,28)(H,29,30)/t17-,18-,19-/m0/s1. The second kappa shape index (κ2) is 12.4. The molecule has 0 fully saturated rings. The molecule has 30 heavy (non-hydrogen) atoms. The highest BCUT2D eigenvalue weighted by atomic mass is 19.1. The molecule has 0 aliphatic carbocycles. The number of hydrogen-bond donors (Lipinski definition) is 5. The van der Waals surface area contributed by atoms with Crippen LogP contribution < -0.4 is 16.0 Å². The summed E-state index contributed by atoms with van der Waals surface area (Å²) in [5.74, 6) is -1.27. The Morgan fingerprint density at radius 3 is 2.10 bits per heavy atom. The van der Waals surface area contributed by atoms with Crippen molar-refractivity contribution >= 4 is 12.0 Å². The first-order valence-corrected chi connectivity index (χ1v) is 10.1. The quantitative estimate of drug-likeness (QED) is 0.350. The van der Waals surface area contributed by atoms with Crippen molar-refractivity contribution in [3.63, 3.8) is 0 Å². The molecule has 7 nitrogen and oxygen atoms in total. The van der Waals surface area contributed by atoms with Gasteiger partial charge in [-0.25, -0.2) is 13.6 Å². The van der Waals surface area contributed by atoms with Gasteiger partial charge < -0.3 is 26.2 Å². The van der Waals surface area contributed by atoms with Crippen molar-refractivity contribution in [1.82, 2.24) is 16.0 Å². The number of carbonyl (C=O) groups excluding carboxylic acids is 1. The number of aliphatic hydroxyl groups excluding tert-OH is 1. The summed E-state index contributed by atoms with van der Waals surface area (Å²) in [5, 5.41) is 27.6. The first-order valence-electron chi connectivity index (χ1n) is 10.1. The molecule has 1 aromatic rings. The number of aliphatic hydroxyl groups is 1. The number of benzene rings is 1. The average molecular weight is 430 g/mol. The van der Waals surface area contributed by atoms with Crippen molar-refractivity contribution in [3.05, 3.63) is 35.4 Å². The summed E-state index contributed by atoms with van der Waals surface area (Å²) in [6.45, 7) is 8.34. The Hall–Kier alpha value is -2.26. The molecule has 0 aromatic heterocycles. The van der Waals surface area contributed by atoms with Crippen LogP contribution in [-0.2, 0) is 11.2 Å². The molecule has 0 radical (unpaired) electrons. The van der Waals surface area contributed by atoms with E-state index >= 15 is 0 Å². The molecule has 2 amide bonds. The fraction of sp³-hybridized carbons (Fsp3) is 0.619. The highest BCUT2D eigenvalue weighted by molar-refractivity contribution is 5.81. The number of carboxylic acid groups (broad SMARTS) is 1. The summed E-state index contributed by atoms with van der Waals surface area (Å²) >= 11 is 0. The van der Waals surface area contributed by atoms with E-state index in [1.165, 1.54) is 0 Å². The molecule has 1 aromatic carbocycles. The summed E-state index contributed by atoms with van der Waals surface area (Å²) in [4.78, 5) is 23.6. The van der Waals surface area contributed by atoms with E-state index in [2.05, 4.69) is 16.0 Å². The molecular weight excluding hydrogens is 396 g/mol. The fourth-order valence-electron chi connectivity index (χ4n) is 3.01. The molecule has 0 saturated heterocycles. The zero-order valence-corrected chi connectivity index (χ0v) is 17.9.